The van der Waals surface area contributed by atoms with Gasteiger partial charge < -0.3 is 9.88 Å². The molecule has 1 heterocycles. The number of aromatic nitrogens is 2. The Morgan fingerprint density at radius 3 is 2.47 bits per heavy atom. The third-order valence-corrected chi connectivity index (χ3v) is 3.62. The van der Waals surface area contributed by atoms with Gasteiger partial charge in [-0.1, -0.05) is 32.5 Å². The number of carbonyl (C=O) groups excluding carboxylic acids is 1. The minimum Gasteiger partial charge on any atom is -0.350 e. The van der Waals surface area contributed by atoms with E-state index in [4.69, 9.17) is 0 Å². The SMILES string of the molecule is Cn1ccnc1SCC(=O)NC(C)(C)CC(C)(C)C. The molecule has 1 N–H and O–H groups in total. The van der Waals surface area contributed by atoms with Crippen LogP contribution < -0.4 is 5.32 Å². The lowest BCUT2D eigenvalue weighted by Gasteiger charge is -2.33. The molecule has 1 amide bonds. The van der Waals surface area contributed by atoms with Gasteiger partial charge >= 0.3 is 0 Å². The summed E-state index contributed by atoms with van der Waals surface area (Å²) in [6.45, 7) is 10.7. The maximum Gasteiger partial charge on any atom is 0.230 e. The zero-order valence-electron chi connectivity index (χ0n) is 12.8. The molecule has 4 nitrogen and oxygen atoms in total. The highest BCUT2D eigenvalue weighted by Gasteiger charge is 2.26. The highest BCUT2D eigenvalue weighted by Crippen LogP contribution is 2.27. The Labute approximate surface area is 120 Å². The summed E-state index contributed by atoms with van der Waals surface area (Å²) in [6, 6.07) is 0. The highest BCUT2D eigenvalue weighted by atomic mass is 32.2. The van der Waals surface area contributed by atoms with Crippen LogP contribution in [0.15, 0.2) is 17.6 Å². The molecule has 5 heteroatoms. The first-order valence-electron chi connectivity index (χ1n) is 6.50. The van der Waals surface area contributed by atoms with Crippen molar-refractivity contribution in [2.24, 2.45) is 12.5 Å². The fraction of sp³-hybridized carbons (Fsp3) is 0.714. The topological polar surface area (TPSA) is 46.9 Å². The zero-order chi connectivity index (χ0) is 14.7. The molecule has 1 aromatic heterocycles. The Hall–Kier alpha value is -0.970. The van der Waals surface area contributed by atoms with Crippen LogP contribution in [-0.4, -0.2) is 26.8 Å². The monoisotopic (exact) mass is 283 g/mol. The lowest BCUT2D eigenvalue weighted by Crippen LogP contribution is -2.46. The highest BCUT2D eigenvalue weighted by molar-refractivity contribution is 7.99. The smallest absolute Gasteiger partial charge is 0.230 e. The molecule has 0 aliphatic heterocycles. The van der Waals surface area contributed by atoms with Gasteiger partial charge in [0.25, 0.3) is 0 Å². The van der Waals surface area contributed by atoms with Crippen molar-refractivity contribution < 1.29 is 4.79 Å². The third kappa shape index (κ3) is 6.14. The summed E-state index contributed by atoms with van der Waals surface area (Å²) in [5, 5.41) is 3.96. The maximum absolute atomic E-state index is 12.0. The molecule has 0 aromatic carbocycles. The molecule has 0 radical (unpaired) electrons. The van der Waals surface area contributed by atoms with Crippen LogP contribution in [0.2, 0.25) is 0 Å². The minimum absolute atomic E-state index is 0.0576. The molecule has 0 atom stereocenters. The summed E-state index contributed by atoms with van der Waals surface area (Å²) >= 11 is 1.46. The Morgan fingerprint density at radius 2 is 2.00 bits per heavy atom. The lowest BCUT2D eigenvalue weighted by atomic mass is 9.82. The maximum atomic E-state index is 12.0. The quantitative estimate of drug-likeness (QED) is 0.845. The number of aryl methyl sites for hydroxylation is 1. The number of hydrogen-bond acceptors (Lipinski definition) is 3. The van der Waals surface area contributed by atoms with Crippen molar-refractivity contribution in [3.8, 4) is 0 Å². The molecule has 0 aliphatic rings. The van der Waals surface area contributed by atoms with Gasteiger partial charge in [-0.05, 0) is 25.7 Å². The molecule has 108 valence electrons. The summed E-state index contributed by atoms with van der Waals surface area (Å²) < 4.78 is 1.91. The summed E-state index contributed by atoms with van der Waals surface area (Å²) in [6.07, 6.45) is 4.56. The second-order valence-corrected chi connectivity index (χ2v) is 7.72. The first kappa shape index (κ1) is 16.1. The third-order valence-electron chi connectivity index (χ3n) is 2.56. The van der Waals surface area contributed by atoms with Crippen LogP contribution in [0, 0.1) is 5.41 Å². The van der Waals surface area contributed by atoms with Crippen molar-refractivity contribution in [3.63, 3.8) is 0 Å². The van der Waals surface area contributed by atoms with Gasteiger partial charge in [-0.25, -0.2) is 4.98 Å². The fourth-order valence-corrected chi connectivity index (χ4v) is 3.14. The van der Waals surface area contributed by atoms with Crippen LogP contribution in [0.1, 0.15) is 41.0 Å². The first-order valence-corrected chi connectivity index (χ1v) is 7.49. The fourth-order valence-electron chi connectivity index (χ4n) is 2.40. The molecule has 0 saturated carbocycles. The van der Waals surface area contributed by atoms with E-state index in [1.54, 1.807) is 6.20 Å². The van der Waals surface area contributed by atoms with Crippen molar-refractivity contribution in [1.82, 2.24) is 14.9 Å². The van der Waals surface area contributed by atoms with Gasteiger partial charge in [0.1, 0.15) is 0 Å². The van der Waals surface area contributed by atoms with E-state index in [0.29, 0.717) is 5.75 Å². The van der Waals surface area contributed by atoms with Gasteiger partial charge in [-0.2, -0.15) is 0 Å². The Bertz CT molecular complexity index is 432. The second kappa shape index (κ2) is 5.99. The van der Waals surface area contributed by atoms with Crippen LogP contribution in [0.4, 0.5) is 0 Å². The van der Waals surface area contributed by atoms with Crippen molar-refractivity contribution in [2.45, 2.75) is 51.7 Å². The molecule has 0 unspecified atom stereocenters. The molecular formula is C14H25N3OS. The Kier molecular flexibility index (Phi) is 5.07. The van der Waals surface area contributed by atoms with E-state index in [0.717, 1.165) is 11.6 Å². The number of imidazole rings is 1. The number of hydrogen-bond donors (Lipinski definition) is 1. The normalized spacial score (nSPS) is 12.5. The van der Waals surface area contributed by atoms with Gasteiger partial charge in [0.2, 0.25) is 5.91 Å². The van der Waals surface area contributed by atoms with Crippen molar-refractivity contribution >= 4 is 17.7 Å². The second-order valence-electron chi connectivity index (χ2n) is 6.78. The van der Waals surface area contributed by atoms with Gasteiger partial charge in [0.15, 0.2) is 5.16 Å². The summed E-state index contributed by atoms with van der Waals surface area (Å²) in [5.74, 6) is 0.459. The van der Waals surface area contributed by atoms with Gasteiger partial charge in [-0.3, -0.25) is 4.79 Å². The molecule has 19 heavy (non-hydrogen) atoms. The van der Waals surface area contributed by atoms with Crippen LogP contribution in [-0.2, 0) is 11.8 Å². The Morgan fingerprint density at radius 1 is 1.37 bits per heavy atom. The number of carbonyl (C=O) groups is 1. The molecule has 0 fully saturated rings. The van der Waals surface area contributed by atoms with E-state index in [9.17, 15) is 4.79 Å². The van der Waals surface area contributed by atoms with Crippen molar-refractivity contribution in [3.05, 3.63) is 12.4 Å². The number of rotatable bonds is 5. The standard InChI is InChI=1S/C14H25N3OS/c1-13(2,3)10-14(4,5)16-11(18)9-19-12-15-7-8-17(12)6/h7-8H,9-10H2,1-6H3,(H,16,18). The van der Waals surface area contributed by atoms with E-state index in [-0.39, 0.29) is 16.9 Å². The molecule has 1 rings (SSSR count). The van der Waals surface area contributed by atoms with Crippen LogP contribution >= 0.6 is 11.8 Å². The summed E-state index contributed by atoms with van der Waals surface area (Å²) in [7, 11) is 1.93. The van der Waals surface area contributed by atoms with E-state index < -0.39 is 0 Å². The van der Waals surface area contributed by atoms with E-state index >= 15 is 0 Å². The van der Waals surface area contributed by atoms with E-state index in [2.05, 4.69) is 44.9 Å². The van der Waals surface area contributed by atoms with Crippen LogP contribution in [0.25, 0.3) is 0 Å². The van der Waals surface area contributed by atoms with Crippen LogP contribution in [0.5, 0.6) is 0 Å². The average molecular weight is 283 g/mol. The predicted molar refractivity (Wildman–Crippen MR) is 80.2 cm³/mol. The van der Waals surface area contributed by atoms with Crippen molar-refractivity contribution in [2.75, 3.05) is 5.75 Å². The first-order chi connectivity index (χ1) is 8.59. The lowest BCUT2D eigenvalue weighted by molar-refractivity contribution is -0.120. The van der Waals surface area contributed by atoms with Gasteiger partial charge in [-0.15, -0.1) is 0 Å². The Balaban J connectivity index is 2.45. The van der Waals surface area contributed by atoms with E-state index in [1.165, 1.54) is 11.8 Å². The number of nitrogens with one attached hydrogen (secondary N) is 1. The molecule has 0 aliphatic carbocycles. The van der Waals surface area contributed by atoms with E-state index in [1.807, 2.05) is 17.8 Å². The van der Waals surface area contributed by atoms with Gasteiger partial charge in [0, 0.05) is 25.0 Å². The molecule has 0 spiro atoms. The largest absolute Gasteiger partial charge is 0.350 e. The number of amides is 1. The minimum atomic E-state index is -0.183. The zero-order valence-corrected chi connectivity index (χ0v) is 13.6. The number of thioether (sulfide) groups is 1. The predicted octanol–water partition coefficient (Wildman–Crippen LogP) is 2.84. The summed E-state index contributed by atoms with van der Waals surface area (Å²) in [4.78, 5) is 16.2. The summed E-state index contributed by atoms with van der Waals surface area (Å²) in [5.41, 5.74) is 0.0150. The molecular weight excluding hydrogens is 258 g/mol. The van der Waals surface area contributed by atoms with Crippen LogP contribution in [0.3, 0.4) is 0 Å². The molecule has 0 bridgehead atoms. The average Bonchev–Trinajstić information content (AvgIpc) is 2.56. The molecule has 0 saturated heterocycles. The van der Waals surface area contributed by atoms with Crippen molar-refractivity contribution in [1.29, 1.82) is 0 Å². The van der Waals surface area contributed by atoms with Gasteiger partial charge in [0.05, 0.1) is 5.75 Å². The number of nitrogens with zero attached hydrogens (tertiary/aromatic N) is 2. The molecule has 1 aromatic rings.